The van der Waals surface area contributed by atoms with Gasteiger partial charge in [-0.2, -0.15) is 0 Å². The van der Waals surface area contributed by atoms with Gasteiger partial charge in [0, 0.05) is 39.3 Å². The third-order valence-corrected chi connectivity index (χ3v) is 3.27. The van der Waals surface area contributed by atoms with Crippen molar-refractivity contribution in [2.45, 2.75) is 19.0 Å². The van der Waals surface area contributed by atoms with Crippen molar-refractivity contribution in [3.05, 3.63) is 22.1 Å². The molecule has 2 heterocycles. The summed E-state index contributed by atoms with van der Waals surface area (Å²) >= 11 is 0. The Hall–Kier alpha value is -1.40. The highest BCUT2D eigenvalue weighted by atomic mass is 16.1. The minimum Gasteiger partial charge on any atom is -0.348 e. The Balaban J connectivity index is 2.10. The van der Waals surface area contributed by atoms with Gasteiger partial charge in [0.2, 0.25) is 5.95 Å². The molecule has 6 nitrogen and oxygen atoms in total. The number of likely N-dealkylation sites (N-methyl/N-ethyl adjacent to an activating group) is 1. The fourth-order valence-electron chi connectivity index (χ4n) is 2.19. The Morgan fingerprint density at radius 2 is 2.22 bits per heavy atom. The zero-order valence-corrected chi connectivity index (χ0v) is 11.2. The molecule has 0 amide bonds. The van der Waals surface area contributed by atoms with E-state index in [-0.39, 0.29) is 5.56 Å². The minimum atomic E-state index is -0.0957. The molecule has 1 aliphatic heterocycles. The molecule has 0 aromatic carbocycles. The second-order valence-electron chi connectivity index (χ2n) is 5.02. The summed E-state index contributed by atoms with van der Waals surface area (Å²) in [7, 11) is 5.81. The number of nitrogens with zero attached hydrogens (tertiary/aromatic N) is 3. The fourth-order valence-corrected chi connectivity index (χ4v) is 2.19. The second kappa shape index (κ2) is 5.49. The summed E-state index contributed by atoms with van der Waals surface area (Å²) in [5.74, 6) is 0.607. The minimum absolute atomic E-state index is 0.0957. The van der Waals surface area contributed by atoms with Crippen LogP contribution in [0.15, 0.2) is 10.9 Å². The van der Waals surface area contributed by atoms with Crippen LogP contribution in [0.3, 0.4) is 0 Å². The molecule has 0 bridgehead atoms. The first-order chi connectivity index (χ1) is 8.56. The lowest BCUT2D eigenvalue weighted by atomic mass is 10.2. The quantitative estimate of drug-likeness (QED) is 0.764. The molecule has 6 heteroatoms. The van der Waals surface area contributed by atoms with Crippen LogP contribution in [-0.2, 0) is 6.54 Å². The first-order valence-electron chi connectivity index (χ1n) is 6.25. The molecule has 1 fully saturated rings. The number of aromatic amines is 1. The first kappa shape index (κ1) is 13.0. The Bertz CT molecular complexity index is 450. The molecular formula is C12H21N5O. The molecule has 1 atom stereocenters. The number of nitrogens with one attached hydrogen (secondary N) is 2. The Kier molecular flexibility index (Phi) is 3.98. The van der Waals surface area contributed by atoms with Crippen molar-refractivity contribution in [3.63, 3.8) is 0 Å². The Morgan fingerprint density at radius 3 is 2.83 bits per heavy atom. The van der Waals surface area contributed by atoms with Gasteiger partial charge in [-0.1, -0.05) is 0 Å². The van der Waals surface area contributed by atoms with Crippen LogP contribution < -0.4 is 15.8 Å². The summed E-state index contributed by atoms with van der Waals surface area (Å²) in [6.45, 7) is 2.79. The molecule has 2 rings (SSSR count). The van der Waals surface area contributed by atoms with Crippen molar-refractivity contribution in [2.24, 2.45) is 0 Å². The van der Waals surface area contributed by atoms with Crippen LogP contribution in [0.1, 0.15) is 12.1 Å². The van der Waals surface area contributed by atoms with Gasteiger partial charge in [0.05, 0.1) is 5.69 Å². The lowest BCUT2D eigenvalue weighted by Gasteiger charge is -2.23. The van der Waals surface area contributed by atoms with Gasteiger partial charge in [-0.05, 0) is 20.0 Å². The smallest absolute Gasteiger partial charge is 0.252 e. The summed E-state index contributed by atoms with van der Waals surface area (Å²) in [6.07, 6.45) is 1.15. The van der Waals surface area contributed by atoms with E-state index in [0.29, 0.717) is 18.5 Å². The van der Waals surface area contributed by atoms with Crippen LogP contribution in [0, 0.1) is 0 Å². The summed E-state index contributed by atoms with van der Waals surface area (Å²) in [6, 6.07) is 2.11. The first-order valence-corrected chi connectivity index (χ1v) is 6.25. The lowest BCUT2D eigenvalue weighted by molar-refractivity contribution is 0.246. The molecule has 100 valence electrons. The molecule has 0 aliphatic carbocycles. The Labute approximate surface area is 107 Å². The molecule has 1 saturated heterocycles. The monoisotopic (exact) mass is 251 g/mol. The van der Waals surface area contributed by atoms with E-state index in [9.17, 15) is 4.79 Å². The van der Waals surface area contributed by atoms with E-state index < -0.39 is 0 Å². The second-order valence-corrected chi connectivity index (χ2v) is 5.02. The van der Waals surface area contributed by atoms with E-state index in [1.165, 1.54) is 0 Å². The topological polar surface area (TPSA) is 64.3 Å². The maximum absolute atomic E-state index is 11.6. The van der Waals surface area contributed by atoms with Crippen molar-refractivity contribution in [3.8, 4) is 0 Å². The van der Waals surface area contributed by atoms with Gasteiger partial charge in [-0.25, -0.2) is 4.98 Å². The summed E-state index contributed by atoms with van der Waals surface area (Å²) < 4.78 is 0. The number of rotatable bonds is 4. The molecular weight excluding hydrogens is 230 g/mol. The predicted molar refractivity (Wildman–Crippen MR) is 71.9 cm³/mol. The number of anilines is 1. The molecule has 2 N–H and O–H groups in total. The summed E-state index contributed by atoms with van der Waals surface area (Å²) in [5, 5.41) is 3.34. The van der Waals surface area contributed by atoms with E-state index in [2.05, 4.69) is 27.2 Å². The zero-order chi connectivity index (χ0) is 13.1. The number of hydrogen-bond donors (Lipinski definition) is 2. The van der Waals surface area contributed by atoms with Crippen molar-refractivity contribution in [1.82, 2.24) is 20.2 Å². The van der Waals surface area contributed by atoms with Crippen LogP contribution in [0.4, 0.5) is 5.95 Å². The molecule has 0 unspecified atom stereocenters. The molecule has 1 aromatic heterocycles. The highest BCUT2D eigenvalue weighted by Crippen LogP contribution is 2.10. The predicted octanol–water partition coefficient (Wildman–Crippen LogP) is -0.370. The van der Waals surface area contributed by atoms with Crippen LogP contribution in [0.25, 0.3) is 0 Å². The molecule has 1 aliphatic rings. The van der Waals surface area contributed by atoms with Crippen molar-refractivity contribution in [2.75, 3.05) is 39.1 Å². The third kappa shape index (κ3) is 3.08. The zero-order valence-electron chi connectivity index (χ0n) is 11.2. The van der Waals surface area contributed by atoms with E-state index in [1.807, 2.05) is 19.0 Å². The maximum atomic E-state index is 11.6. The van der Waals surface area contributed by atoms with Crippen molar-refractivity contribution in [1.29, 1.82) is 0 Å². The van der Waals surface area contributed by atoms with E-state index in [1.54, 1.807) is 6.07 Å². The van der Waals surface area contributed by atoms with Gasteiger partial charge in [-0.3, -0.25) is 14.7 Å². The van der Waals surface area contributed by atoms with Gasteiger partial charge in [0.25, 0.3) is 5.56 Å². The highest BCUT2D eigenvalue weighted by Gasteiger charge is 2.19. The van der Waals surface area contributed by atoms with Gasteiger partial charge in [0.1, 0.15) is 0 Å². The van der Waals surface area contributed by atoms with Crippen LogP contribution in [0.5, 0.6) is 0 Å². The molecule has 1 aromatic rings. The molecule has 0 saturated carbocycles. The SMILES string of the molecule is CN(C)c1nc(CN(C)[C@H]2CCNC2)cc(=O)[nH]1. The van der Waals surface area contributed by atoms with Crippen LogP contribution >= 0.6 is 0 Å². The maximum Gasteiger partial charge on any atom is 0.252 e. The van der Waals surface area contributed by atoms with Crippen molar-refractivity contribution < 1.29 is 0 Å². The largest absolute Gasteiger partial charge is 0.348 e. The summed E-state index contributed by atoms with van der Waals surface area (Å²) in [4.78, 5) is 22.8. The van der Waals surface area contributed by atoms with Crippen LogP contribution in [0.2, 0.25) is 0 Å². The molecule has 18 heavy (non-hydrogen) atoms. The number of H-pyrrole nitrogens is 1. The molecule has 0 spiro atoms. The Morgan fingerprint density at radius 1 is 1.44 bits per heavy atom. The molecule has 0 radical (unpaired) electrons. The average Bonchev–Trinajstić information content (AvgIpc) is 2.81. The van der Waals surface area contributed by atoms with Crippen LogP contribution in [-0.4, -0.2) is 55.1 Å². The fraction of sp³-hybridized carbons (Fsp3) is 0.667. The standard InChI is InChI=1S/C12H21N5O/c1-16(2)12-14-9(6-11(18)15-12)8-17(3)10-4-5-13-7-10/h6,10,13H,4-5,7-8H2,1-3H3,(H,14,15,18)/t10-/m0/s1. The lowest BCUT2D eigenvalue weighted by Crippen LogP contribution is -2.33. The van der Waals surface area contributed by atoms with E-state index in [0.717, 1.165) is 25.2 Å². The average molecular weight is 251 g/mol. The normalized spacial score (nSPS) is 19.4. The highest BCUT2D eigenvalue weighted by molar-refractivity contribution is 5.27. The van der Waals surface area contributed by atoms with E-state index in [4.69, 9.17) is 0 Å². The van der Waals surface area contributed by atoms with Gasteiger partial charge in [-0.15, -0.1) is 0 Å². The van der Waals surface area contributed by atoms with Crippen molar-refractivity contribution >= 4 is 5.95 Å². The third-order valence-electron chi connectivity index (χ3n) is 3.27. The van der Waals surface area contributed by atoms with Gasteiger partial charge < -0.3 is 10.2 Å². The number of aromatic nitrogens is 2. The number of hydrogen-bond acceptors (Lipinski definition) is 5. The summed E-state index contributed by atoms with van der Waals surface area (Å²) in [5.41, 5.74) is 0.721. The van der Waals surface area contributed by atoms with Gasteiger partial charge >= 0.3 is 0 Å². The van der Waals surface area contributed by atoms with E-state index >= 15 is 0 Å². The van der Waals surface area contributed by atoms with Gasteiger partial charge in [0.15, 0.2) is 0 Å².